The lowest BCUT2D eigenvalue weighted by atomic mass is 9.82. The van der Waals surface area contributed by atoms with Gasteiger partial charge in [0.25, 0.3) is 0 Å². The molecule has 8 nitrogen and oxygen atoms in total. The number of carbonyl (C=O) groups is 1. The Morgan fingerprint density at radius 2 is 1.97 bits per heavy atom. The van der Waals surface area contributed by atoms with Gasteiger partial charge >= 0.3 is 6.03 Å². The Kier molecular flexibility index (Phi) is 5.97. The number of halogens is 1. The van der Waals surface area contributed by atoms with E-state index in [0.717, 1.165) is 58.6 Å². The van der Waals surface area contributed by atoms with Crippen molar-refractivity contribution in [2.75, 3.05) is 18.5 Å². The summed E-state index contributed by atoms with van der Waals surface area (Å²) < 4.78 is 12.6. The highest BCUT2D eigenvalue weighted by Gasteiger charge is 2.40. The van der Waals surface area contributed by atoms with Gasteiger partial charge in [0, 0.05) is 35.6 Å². The van der Waals surface area contributed by atoms with Crippen LogP contribution in [0.2, 0.25) is 0 Å². The summed E-state index contributed by atoms with van der Waals surface area (Å²) in [4.78, 5) is 15.2. The first kappa shape index (κ1) is 21.1. The third kappa shape index (κ3) is 4.29. The molecule has 2 aliphatic heterocycles. The summed E-state index contributed by atoms with van der Waals surface area (Å²) >= 11 is 1.54. The average molecular weight is 456 g/mol. The van der Waals surface area contributed by atoms with Crippen molar-refractivity contribution >= 4 is 34.1 Å². The Bertz CT molecular complexity index is 1110. The van der Waals surface area contributed by atoms with E-state index in [1.807, 2.05) is 36.1 Å². The van der Waals surface area contributed by atoms with Crippen LogP contribution in [0.4, 0.5) is 15.0 Å². The molecule has 2 fully saturated rings. The number of aryl methyl sites for hydroxylation is 1. The number of carbonyl (C=O) groups excluding carboxylic acids is 1. The van der Waals surface area contributed by atoms with Gasteiger partial charge in [-0.3, -0.25) is 5.32 Å². The standard InChI is InChI=1S/C22H26FN7OS/c1-13-26-29-21(32-13)14-5-6-19-15(9-14)10-20(28-27-19)25-22(31)30-17-3-2-4-18(30)12-16(11-17)24-8-7-23/h5-6,9-10,16-18,24H,2-4,7-8,11-12H2,1H3,(H,25,28,31)/t16-,17+,18-. The van der Waals surface area contributed by atoms with E-state index >= 15 is 0 Å². The molecule has 2 bridgehead atoms. The van der Waals surface area contributed by atoms with Crippen molar-refractivity contribution in [1.29, 1.82) is 0 Å². The number of benzene rings is 1. The van der Waals surface area contributed by atoms with Crippen LogP contribution in [0.1, 0.15) is 37.1 Å². The summed E-state index contributed by atoms with van der Waals surface area (Å²) in [5.74, 6) is 0.434. The monoisotopic (exact) mass is 455 g/mol. The van der Waals surface area contributed by atoms with Gasteiger partial charge in [0.1, 0.15) is 16.7 Å². The molecule has 0 saturated carbocycles. The van der Waals surface area contributed by atoms with Crippen molar-refractivity contribution in [3.63, 3.8) is 0 Å². The van der Waals surface area contributed by atoms with Gasteiger partial charge < -0.3 is 10.2 Å². The third-order valence-corrected chi connectivity index (χ3v) is 7.22. The molecule has 2 N–H and O–H groups in total. The fraction of sp³-hybridized carbons (Fsp3) is 0.500. The molecule has 4 heterocycles. The van der Waals surface area contributed by atoms with Gasteiger partial charge in [-0.2, -0.15) is 0 Å². The smallest absolute Gasteiger partial charge is 0.318 e. The van der Waals surface area contributed by atoms with E-state index in [-0.39, 0.29) is 30.8 Å². The number of nitrogens with one attached hydrogen (secondary N) is 2. The largest absolute Gasteiger partial charge is 0.323 e. The first-order valence-electron chi connectivity index (χ1n) is 11.1. The van der Waals surface area contributed by atoms with Gasteiger partial charge in [0.05, 0.1) is 5.52 Å². The summed E-state index contributed by atoms with van der Waals surface area (Å²) in [6.45, 7) is 1.94. The van der Waals surface area contributed by atoms with Crippen LogP contribution in [-0.2, 0) is 0 Å². The number of alkyl halides is 1. The molecule has 2 aromatic heterocycles. The van der Waals surface area contributed by atoms with Crippen LogP contribution in [0.15, 0.2) is 24.3 Å². The van der Waals surface area contributed by atoms with Crippen LogP contribution in [0, 0.1) is 6.92 Å². The molecule has 0 aliphatic carbocycles. The number of piperidine rings is 2. The predicted molar refractivity (Wildman–Crippen MR) is 122 cm³/mol. The Balaban J connectivity index is 1.33. The molecule has 0 spiro atoms. The molecule has 1 aromatic carbocycles. The summed E-state index contributed by atoms with van der Waals surface area (Å²) in [7, 11) is 0. The molecule has 0 radical (unpaired) electrons. The maximum absolute atomic E-state index is 13.2. The van der Waals surface area contributed by atoms with Crippen LogP contribution in [-0.4, -0.2) is 62.7 Å². The molecule has 3 aromatic rings. The Morgan fingerprint density at radius 3 is 2.69 bits per heavy atom. The molecule has 2 saturated heterocycles. The topological polar surface area (TPSA) is 95.9 Å². The van der Waals surface area contributed by atoms with Gasteiger partial charge in [-0.05, 0) is 63.3 Å². The predicted octanol–water partition coefficient (Wildman–Crippen LogP) is 3.93. The van der Waals surface area contributed by atoms with Crippen LogP contribution < -0.4 is 10.6 Å². The van der Waals surface area contributed by atoms with Crippen molar-refractivity contribution in [3.8, 4) is 10.6 Å². The van der Waals surface area contributed by atoms with Crippen molar-refractivity contribution in [2.24, 2.45) is 0 Å². The van der Waals surface area contributed by atoms with Gasteiger partial charge in [0.2, 0.25) is 0 Å². The van der Waals surface area contributed by atoms with Crippen molar-refractivity contribution in [1.82, 2.24) is 30.6 Å². The highest BCUT2D eigenvalue weighted by Crippen LogP contribution is 2.34. The van der Waals surface area contributed by atoms with Crippen molar-refractivity contribution in [3.05, 3.63) is 29.3 Å². The number of hydrogen-bond acceptors (Lipinski definition) is 7. The summed E-state index contributed by atoms with van der Waals surface area (Å²) in [5.41, 5.74) is 1.72. The molecule has 3 atom stereocenters. The molecular weight excluding hydrogens is 429 g/mol. The second-order valence-corrected chi connectivity index (χ2v) is 9.70. The molecule has 0 unspecified atom stereocenters. The maximum atomic E-state index is 13.2. The molecule has 32 heavy (non-hydrogen) atoms. The minimum Gasteiger partial charge on any atom is -0.318 e. The quantitative estimate of drug-likeness (QED) is 0.605. The first-order chi connectivity index (χ1) is 15.6. The molecule has 5 rings (SSSR count). The van der Waals surface area contributed by atoms with E-state index in [1.54, 1.807) is 0 Å². The third-order valence-electron chi connectivity index (χ3n) is 6.33. The summed E-state index contributed by atoms with van der Waals surface area (Å²) in [6.07, 6.45) is 4.80. The summed E-state index contributed by atoms with van der Waals surface area (Å²) in [6, 6.07) is 8.18. The molecular formula is C22H26FN7OS. The molecule has 2 amide bonds. The van der Waals surface area contributed by atoms with Crippen LogP contribution in [0.5, 0.6) is 0 Å². The van der Waals surface area contributed by atoms with Crippen LogP contribution in [0.3, 0.4) is 0 Å². The summed E-state index contributed by atoms with van der Waals surface area (Å²) in [5, 5.41) is 25.7. The Labute approximate surface area is 189 Å². The number of aromatic nitrogens is 4. The number of hydrogen-bond donors (Lipinski definition) is 2. The van der Waals surface area contributed by atoms with Crippen molar-refractivity contribution in [2.45, 2.75) is 57.2 Å². The Hall–Kier alpha value is -2.72. The number of rotatable bonds is 5. The zero-order chi connectivity index (χ0) is 22.1. The number of amides is 2. The number of urea groups is 1. The molecule has 168 valence electrons. The number of nitrogens with zero attached hydrogens (tertiary/aromatic N) is 5. The van der Waals surface area contributed by atoms with Gasteiger partial charge in [-0.25, -0.2) is 9.18 Å². The number of fused-ring (bicyclic) bond motifs is 3. The van der Waals surface area contributed by atoms with E-state index in [2.05, 4.69) is 31.0 Å². The highest BCUT2D eigenvalue weighted by atomic mass is 32.1. The van der Waals surface area contributed by atoms with E-state index in [4.69, 9.17) is 0 Å². The van der Waals surface area contributed by atoms with Crippen molar-refractivity contribution < 1.29 is 9.18 Å². The zero-order valence-corrected chi connectivity index (χ0v) is 18.7. The average Bonchev–Trinajstić information content (AvgIpc) is 3.22. The first-order valence-corrected chi connectivity index (χ1v) is 11.9. The molecule has 10 heteroatoms. The molecule has 2 aliphatic rings. The normalized spacial score (nSPS) is 22.8. The fourth-order valence-electron chi connectivity index (χ4n) is 4.96. The van der Waals surface area contributed by atoms with Gasteiger partial charge in [-0.15, -0.1) is 20.4 Å². The second-order valence-electron chi connectivity index (χ2n) is 8.52. The van der Waals surface area contributed by atoms with E-state index < -0.39 is 0 Å². The lowest BCUT2D eigenvalue weighted by molar-refractivity contribution is 0.0611. The lowest BCUT2D eigenvalue weighted by Gasteiger charge is -2.48. The minimum absolute atomic E-state index is 0.131. The van der Waals surface area contributed by atoms with E-state index in [0.29, 0.717) is 12.4 Å². The second kappa shape index (κ2) is 9.03. The number of anilines is 1. The van der Waals surface area contributed by atoms with Crippen LogP contribution in [0.25, 0.3) is 21.5 Å². The van der Waals surface area contributed by atoms with Crippen LogP contribution >= 0.6 is 11.3 Å². The van der Waals surface area contributed by atoms with Gasteiger partial charge in [-0.1, -0.05) is 11.3 Å². The van der Waals surface area contributed by atoms with E-state index in [9.17, 15) is 9.18 Å². The lowest BCUT2D eigenvalue weighted by Crippen LogP contribution is -2.59. The SMILES string of the molecule is Cc1nnc(-c2ccc3nnc(NC(=O)N4[C@@H]5CCC[C@H]4C[C@@H](NCCF)C5)cc3c2)s1. The highest BCUT2D eigenvalue weighted by molar-refractivity contribution is 7.14. The Morgan fingerprint density at radius 1 is 1.16 bits per heavy atom. The van der Waals surface area contributed by atoms with Gasteiger partial charge in [0.15, 0.2) is 5.82 Å². The maximum Gasteiger partial charge on any atom is 0.323 e. The zero-order valence-electron chi connectivity index (χ0n) is 17.9. The van der Waals surface area contributed by atoms with E-state index in [1.165, 1.54) is 11.3 Å². The fourth-order valence-corrected chi connectivity index (χ4v) is 5.65. The minimum atomic E-state index is -0.364.